The molecule has 1 aromatic heterocycles. The van der Waals surface area contributed by atoms with E-state index in [0.29, 0.717) is 16.3 Å². The smallest absolute Gasteiger partial charge is 0.260 e. The van der Waals surface area contributed by atoms with Crippen LogP contribution in [0.25, 0.3) is 22.5 Å². The van der Waals surface area contributed by atoms with Gasteiger partial charge in [0.15, 0.2) is 5.76 Å². The van der Waals surface area contributed by atoms with Gasteiger partial charge in [-0.1, -0.05) is 23.7 Å². The first kappa shape index (κ1) is 22.3. The van der Waals surface area contributed by atoms with Gasteiger partial charge in [-0.25, -0.2) is 0 Å². The van der Waals surface area contributed by atoms with Crippen LogP contribution in [0, 0.1) is 0 Å². The van der Waals surface area contributed by atoms with Crippen LogP contribution in [0.1, 0.15) is 24.2 Å². The Morgan fingerprint density at radius 3 is 2.59 bits per heavy atom. The lowest BCUT2D eigenvalue weighted by molar-refractivity contribution is -0.110. The number of aliphatic hydroxyl groups excluding tert-OH is 1. The Balaban J connectivity index is 1.44. The maximum Gasteiger partial charge on any atom is 0.260 e. The zero-order valence-corrected chi connectivity index (χ0v) is 19.6. The number of piperidine rings is 1. The second-order valence-corrected chi connectivity index (χ2v) is 8.84. The van der Waals surface area contributed by atoms with Crippen LogP contribution in [0.5, 0.6) is 11.6 Å². The molecule has 3 heterocycles. The molecule has 8 nitrogen and oxygen atoms in total. The number of hydrogen-bond donors (Lipinski definition) is 2. The molecule has 1 amide bonds. The standard InChI is InChI=1S/C25H24ClN3O5/c1-29-9-7-16(8-10-29)33-15-5-3-14(4-6-15)17-11-18-20(12-19(17)26)27-25(31)23(18)24(30)21-13-22(32-2)28-34-21/h3-6,11-13,16,30H,7-10H2,1-2H3,(H,27,31). The molecule has 5 rings (SSSR count). The molecule has 1 saturated heterocycles. The fourth-order valence-electron chi connectivity index (χ4n) is 4.25. The predicted octanol–water partition coefficient (Wildman–Crippen LogP) is 4.86. The molecule has 2 aliphatic rings. The highest BCUT2D eigenvalue weighted by atomic mass is 35.5. The summed E-state index contributed by atoms with van der Waals surface area (Å²) in [5.74, 6) is 0.243. The van der Waals surface area contributed by atoms with Gasteiger partial charge in [-0.15, -0.1) is 0 Å². The third-order valence-corrected chi connectivity index (χ3v) is 6.47. The number of likely N-dealkylation sites (tertiary alicyclic amines) is 1. The van der Waals surface area contributed by atoms with Crippen LogP contribution < -0.4 is 14.8 Å². The summed E-state index contributed by atoms with van der Waals surface area (Å²) in [6.45, 7) is 2.06. The van der Waals surface area contributed by atoms with Crippen molar-refractivity contribution in [3.8, 4) is 22.8 Å². The van der Waals surface area contributed by atoms with Crippen molar-refractivity contribution < 1.29 is 23.9 Å². The van der Waals surface area contributed by atoms with Crippen molar-refractivity contribution in [2.75, 3.05) is 32.6 Å². The lowest BCUT2D eigenvalue weighted by Crippen LogP contribution is -2.35. The number of carbonyl (C=O) groups excluding carboxylic acids is 1. The number of methoxy groups -OCH3 is 1. The van der Waals surface area contributed by atoms with Gasteiger partial charge in [-0.3, -0.25) is 4.79 Å². The van der Waals surface area contributed by atoms with Crippen molar-refractivity contribution >= 4 is 34.5 Å². The van der Waals surface area contributed by atoms with Crippen LogP contribution in [0.4, 0.5) is 5.69 Å². The number of aromatic nitrogens is 1. The Morgan fingerprint density at radius 1 is 1.18 bits per heavy atom. The Kier molecular flexibility index (Phi) is 5.93. The molecule has 0 atom stereocenters. The molecule has 2 N–H and O–H groups in total. The fourth-order valence-corrected chi connectivity index (χ4v) is 4.52. The highest BCUT2D eigenvalue weighted by Crippen LogP contribution is 2.42. The zero-order valence-electron chi connectivity index (χ0n) is 18.8. The number of benzene rings is 2. The average molecular weight is 482 g/mol. The summed E-state index contributed by atoms with van der Waals surface area (Å²) in [6.07, 6.45) is 2.23. The number of rotatable bonds is 5. The highest BCUT2D eigenvalue weighted by molar-refractivity contribution is 6.38. The molecule has 0 radical (unpaired) electrons. The summed E-state index contributed by atoms with van der Waals surface area (Å²) in [7, 11) is 3.55. The van der Waals surface area contributed by atoms with E-state index in [-0.39, 0.29) is 29.1 Å². The average Bonchev–Trinajstić information content (AvgIpc) is 3.44. The largest absolute Gasteiger partial charge is 0.504 e. The number of nitrogens with zero attached hydrogens (tertiary/aromatic N) is 2. The van der Waals surface area contributed by atoms with Crippen LogP contribution in [0.15, 0.2) is 47.0 Å². The van der Waals surface area contributed by atoms with Gasteiger partial charge >= 0.3 is 0 Å². The molecular formula is C25H24ClN3O5. The minimum absolute atomic E-state index is 0.0294. The van der Waals surface area contributed by atoms with Crippen molar-refractivity contribution in [3.05, 3.63) is 58.8 Å². The van der Waals surface area contributed by atoms with Gasteiger partial charge in [-0.05, 0) is 54.9 Å². The molecule has 34 heavy (non-hydrogen) atoms. The minimum Gasteiger partial charge on any atom is -0.504 e. The number of fused-ring (bicyclic) bond motifs is 1. The fraction of sp³-hybridized carbons (Fsp3) is 0.280. The zero-order chi connectivity index (χ0) is 23.8. The number of hydrogen-bond acceptors (Lipinski definition) is 7. The first-order chi connectivity index (χ1) is 16.4. The van der Waals surface area contributed by atoms with Crippen molar-refractivity contribution in [1.29, 1.82) is 0 Å². The number of carbonyl (C=O) groups is 1. The Labute approximate surface area is 201 Å². The third-order valence-electron chi connectivity index (χ3n) is 6.15. The van der Waals surface area contributed by atoms with Gasteiger partial charge in [0, 0.05) is 24.2 Å². The van der Waals surface area contributed by atoms with Gasteiger partial charge in [0.2, 0.25) is 5.76 Å². The molecule has 0 unspecified atom stereocenters. The van der Waals surface area contributed by atoms with Gasteiger partial charge in [0.25, 0.3) is 11.8 Å². The summed E-state index contributed by atoms with van der Waals surface area (Å²) in [6, 6.07) is 12.6. The van der Waals surface area contributed by atoms with Crippen LogP contribution in [-0.2, 0) is 4.79 Å². The monoisotopic (exact) mass is 481 g/mol. The van der Waals surface area contributed by atoms with Crippen molar-refractivity contribution in [2.45, 2.75) is 18.9 Å². The summed E-state index contributed by atoms with van der Waals surface area (Å²) in [4.78, 5) is 15.0. The number of aliphatic hydroxyl groups is 1. The summed E-state index contributed by atoms with van der Waals surface area (Å²) in [5, 5.41) is 17.7. The summed E-state index contributed by atoms with van der Waals surface area (Å²) < 4.78 is 16.2. The Hall–Kier alpha value is -3.49. The maximum atomic E-state index is 12.7. The minimum atomic E-state index is -0.460. The lowest BCUT2D eigenvalue weighted by atomic mass is 9.98. The van der Waals surface area contributed by atoms with E-state index in [4.69, 9.17) is 25.6 Å². The van der Waals surface area contributed by atoms with Crippen LogP contribution in [0.2, 0.25) is 5.02 Å². The number of halogens is 1. The molecule has 0 aliphatic carbocycles. The Bertz CT molecular complexity index is 1260. The highest BCUT2D eigenvalue weighted by Gasteiger charge is 2.31. The number of anilines is 1. The van der Waals surface area contributed by atoms with E-state index in [9.17, 15) is 9.90 Å². The second kappa shape index (κ2) is 9.04. The number of amides is 1. The third kappa shape index (κ3) is 4.22. The van der Waals surface area contributed by atoms with Crippen LogP contribution in [0.3, 0.4) is 0 Å². The first-order valence-corrected chi connectivity index (χ1v) is 11.4. The van der Waals surface area contributed by atoms with E-state index in [2.05, 4.69) is 22.4 Å². The SMILES string of the molecule is COc1cc(C(O)=C2C(=O)Nc3cc(Cl)c(-c4ccc(OC5CCN(C)CC5)cc4)cc32)on1. The number of ether oxygens (including phenoxy) is 2. The Morgan fingerprint density at radius 2 is 1.91 bits per heavy atom. The number of nitrogens with one attached hydrogen (secondary N) is 1. The van der Waals surface area contributed by atoms with E-state index < -0.39 is 5.91 Å². The summed E-state index contributed by atoms with van der Waals surface area (Å²) >= 11 is 6.55. The molecule has 3 aromatic rings. The lowest BCUT2D eigenvalue weighted by Gasteiger charge is -2.29. The summed E-state index contributed by atoms with van der Waals surface area (Å²) in [5.41, 5.74) is 2.69. The molecule has 2 aromatic carbocycles. The molecule has 176 valence electrons. The van der Waals surface area contributed by atoms with Gasteiger partial charge in [-0.2, -0.15) is 0 Å². The van der Waals surface area contributed by atoms with E-state index in [1.165, 1.54) is 13.2 Å². The molecule has 9 heteroatoms. The van der Waals surface area contributed by atoms with Gasteiger partial charge in [0.05, 0.1) is 29.5 Å². The molecule has 1 fully saturated rings. The van der Waals surface area contributed by atoms with Crippen molar-refractivity contribution in [1.82, 2.24) is 10.1 Å². The molecule has 2 aliphatic heterocycles. The van der Waals surface area contributed by atoms with E-state index >= 15 is 0 Å². The van der Waals surface area contributed by atoms with Crippen molar-refractivity contribution in [3.63, 3.8) is 0 Å². The second-order valence-electron chi connectivity index (χ2n) is 8.43. The van der Waals surface area contributed by atoms with E-state index in [1.54, 1.807) is 12.1 Å². The van der Waals surface area contributed by atoms with Crippen molar-refractivity contribution in [2.24, 2.45) is 0 Å². The normalized spacial score (nSPS) is 17.9. The van der Waals surface area contributed by atoms with Gasteiger partial charge in [0.1, 0.15) is 11.9 Å². The van der Waals surface area contributed by atoms with E-state index in [1.807, 2.05) is 24.3 Å². The molecule has 0 saturated carbocycles. The van der Waals surface area contributed by atoms with E-state index in [0.717, 1.165) is 42.8 Å². The van der Waals surface area contributed by atoms with Crippen LogP contribution in [-0.4, -0.2) is 54.4 Å². The first-order valence-electron chi connectivity index (χ1n) is 11.0. The molecule has 0 bridgehead atoms. The molecule has 0 spiro atoms. The topological polar surface area (TPSA) is 97.1 Å². The van der Waals surface area contributed by atoms with Crippen LogP contribution >= 0.6 is 11.6 Å². The quantitative estimate of drug-likeness (QED) is 0.397. The maximum absolute atomic E-state index is 12.7. The molecular weight excluding hydrogens is 458 g/mol. The van der Waals surface area contributed by atoms with Gasteiger partial charge < -0.3 is 29.3 Å². The predicted molar refractivity (Wildman–Crippen MR) is 129 cm³/mol.